The van der Waals surface area contributed by atoms with Crippen molar-refractivity contribution in [3.8, 4) is 11.5 Å². The fourth-order valence-electron chi connectivity index (χ4n) is 3.38. The molecule has 3 rings (SSSR count). The Morgan fingerprint density at radius 2 is 1.51 bits per heavy atom. The number of hydrogen-bond acceptors (Lipinski definition) is 6. The van der Waals surface area contributed by atoms with Crippen LogP contribution in [0.3, 0.4) is 0 Å². The zero-order valence-electron chi connectivity index (χ0n) is 20.7. The number of anilines is 2. The van der Waals surface area contributed by atoms with Crippen LogP contribution in [0.4, 0.5) is 33.3 Å². The first-order valence-corrected chi connectivity index (χ1v) is 11.9. The lowest BCUT2D eigenvalue weighted by molar-refractivity contribution is -0.185. The van der Waals surface area contributed by atoms with E-state index in [1.165, 1.54) is 48.6 Å². The molecule has 6 nitrogen and oxygen atoms in total. The summed E-state index contributed by atoms with van der Waals surface area (Å²) in [5.41, 5.74) is 13.5. The van der Waals surface area contributed by atoms with Crippen LogP contribution in [0.5, 0.6) is 11.5 Å². The summed E-state index contributed by atoms with van der Waals surface area (Å²) >= 11 is 0. The Labute approximate surface area is 222 Å². The summed E-state index contributed by atoms with van der Waals surface area (Å²) < 4.78 is 80.8. The summed E-state index contributed by atoms with van der Waals surface area (Å²) in [6, 6.07) is 15.3. The van der Waals surface area contributed by atoms with Gasteiger partial charge in [-0.3, -0.25) is 0 Å². The van der Waals surface area contributed by atoms with Crippen molar-refractivity contribution in [2.24, 2.45) is 0 Å². The molecule has 0 aliphatic carbocycles. The van der Waals surface area contributed by atoms with Crippen molar-refractivity contribution in [2.75, 3.05) is 24.7 Å². The van der Waals surface area contributed by atoms with Crippen molar-refractivity contribution < 1.29 is 41.0 Å². The van der Waals surface area contributed by atoms with Crippen molar-refractivity contribution in [3.63, 3.8) is 0 Å². The van der Waals surface area contributed by atoms with Gasteiger partial charge in [-0.05, 0) is 72.2 Å². The Bertz CT molecular complexity index is 1260. The molecule has 0 saturated carbocycles. The van der Waals surface area contributed by atoms with Gasteiger partial charge in [-0.15, -0.1) is 0 Å². The number of benzene rings is 3. The largest absolute Gasteiger partial charge is 0.494 e. The van der Waals surface area contributed by atoms with E-state index in [-0.39, 0.29) is 31.1 Å². The molecule has 0 unspecified atom stereocenters. The molecule has 0 fully saturated rings. The van der Waals surface area contributed by atoms with Gasteiger partial charge in [-0.1, -0.05) is 18.2 Å². The Kier molecular flexibility index (Phi) is 9.75. The molecule has 0 aliphatic rings. The van der Waals surface area contributed by atoms with Gasteiger partial charge >= 0.3 is 18.3 Å². The lowest BCUT2D eigenvalue weighted by Crippen LogP contribution is -2.21. The minimum absolute atomic E-state index is 0.115. The second-order valence-electron chi connectivity index (χ2n) is 8.49. The predicted molar refractivity (Wildman–Crippen MR) is 137 cm³/mol. The quantitative estimate of drug-likeness (QED) is 0.0879. The van der Waals surface area contributed by atoms with E-state index in [9.17, 15) is 26.7 Å². The standard InChI is InChI=1S/C28H27F5N2O4/c29-27(30,31)15-1-16-37-23-11-6-21(7-12-23)28(32,33)39-24-9-2-19(3-10-24)4-13-26(36)38-17-14-20-5-8-22(34)18-25(20)35/h2-13,18H,1,14-17,34-35H2. The summed E-state index contributed by atoms with van der Waals surface area (Å²) in [6.45, 7) is -0.0761. The number of halogens is 5. The van der Waals surface area contributed by atoms with Crippen LogP contribution in [-0.2, 0) is 22.1 Å². The van der Waals surface area contributed by atoms with E-state index >= 15 is 0 Å². The van der Waals surface area contributed by atoms with Gasteiger partial charge in [0.1, 0.15) is 11.5 Å². The number of nitrogen functional groups attached to an aromatic ring is 2. The molecule has 0 atom stereocenters. The van der Waals surface area contributed by atoms with Crippen LogP contribution in [0.15, 0.2) is 72.8 Å². The molecule has 39 heavy (non-hydrogen) atoms. The Balaban J connectivity index is 1.46. The minimum Gasteiger partial charge on any atom is -0.494 e. The van der Waals surface area contributed by atoms with Crippen molar-refractivity contribution >= 4 is 23.4 Å². The maximum atomic E-state index is 14.6. The topological polar surface area (TPSA) is 96.8 Å². The SMILES string of the molecule is Nc1ccc(CCOC(=O)C=Cc2ccc(OC(F)(F)c3ccc(OCCCC(F)(F)F)cc3)cc2)c(N)c1. The fraction of sp³-hybridized carbons (Fsp3) is 0.250. The van der Waals surface area contributed by atoms with Gasteiger partial charge in [0.25, 0.3) is 0 Å². The number of ether oxygens (including phenoxy) is 3. The number of carbonyl (C=O) groups excluding carboxylic acids is 1. The van der Waals surface area contributed by atoms with Gasteiger partial charge in [0.15, 0.2) is 0 Å². The molecular formula is C28H27F5N2O4. The average molecular weight is 551 g/mol. The molecule has 11 heteroatoms. The summed E-state index contributed by atoms with van der Waals surface area (Å²) in [6.07, 6.45) is -6.08. The third-order valence-electron chi connectivity index (χ3n) is 5.39. The first-order chi connectivity index (χ1) is 18.4. The molecule has 3 aromatic carbocycles. The van der Waals surface area contributed by atoms with Gasteiger partial charge < -0.3 is 25.7 Å². The summed E-state index contributed by atoms with van der Waals surface area (Å²) in [7, 11) is 0. The zero-order valence-corrected chi connectivity index (χ0v) is 20.7. The number of alkyl halides is 5. The Morgan fingerprint density at radius 1 is 0.846 bits per heavy atom. The van der Waals surface area contributed by atoms with Gasteiger partial charge in [0.05, 0.1) is 18.8 Å². The first-order valence-electron chi connectivity index (χ1n) is 11.9. The molecule has 0 amide bonds. The van der Waals surface area contributed by atoms with Crippen LogP contribution in [0, 0.1) is 0 Å². The van der Waals surface area contributed by atoms with E-state index in [0.29, 0.717) is 23.4 Å². The molecule has 4 N–H and O–H groups in total. The average Bonchev–Trinajstić information content (AvgIpc) is 2.87. The van der Waals surface area contributed by atoms with Gasteiger partial charge in [0, 0.05) is 30.3 Å². The van der Waals surface area contributed by atoms with Gasteiger partial charge in [-0.2, -0.15) is 22.0 Å². The van der Waals surface area contributed by atoms with Crippen LogP contribution in [-0.4, -0.2) is 25.4 Å². The van der Waals surface area contributed by atoms with E-state index in [1.54, 1.807) is 18.2 Å². The van der Waals surface area contributed by atoms with E-state index in [0.717, 1.165) is 17.7 Å². The predicted octanol–water partition coefficient (Wildman–Crippen LogP) is 6.50. The molecule has 0 saturated heterocycles. The Morgan fingerprint density at radius 3 is 2.15 bits per heavy atom. The second kappa shape index (κ2) is 13.0. The van der Waals surface area contributed by atoms with Crippen molar-refractivity contribution in [1.29, 1.82) is 0 Å². The van der Waals surface area contributed by atoms with E-state index < -0.39 is 30.2 Å². The molecule has 0 heterocycles. The molecule has 0 aliphatic heterocycles. The maximum Gasteiger partial charge on any atom is 0.426 e. The number of carbonyl (C=O) groups is 1. The molecular weight excluding hydrogens is 523 g/mol. The highest BCUT2D eigenvalue weighted by atomic mass is 19.4. The number of hydrogen-bond donors (Lipinski definition) is 2. The second-order valence-corrected chi connectivity index (χ2v) is 8.49. The minimum atomic E-state index is -4.28. The van der Waals surface area contributed by atoms with Crippen LogP contribution in [0.25, 0.3) is 6.08 Å². The highest BCUT2D eigenvalue weighted by molar-refractivity contribution is 5.87. The van der Waals surface area contributed by atoms with Crippen molar-refractivity contribution in [3.05, 3.63) is 89.5 Å². The Hall–Kier alpha value is -4.28. The van der Waals surface area contributed by atoms with E-state index in [1.807, 2.05) is 0 Å². The highest BCUT2D eigenvalue weighted by Gasteiger charge is 2.34. The molecule has 208 valence electrons. The third-order valence-corrected chi connectivity index (χ3v) is 5.39. The van der Waals surface area contributed by atoms with Crippen molar-refractivity contribution in [2.45, 2.75) is 31.5 Å². The van der Waals surface area contributed by atoms with Crippen molar-refractivity contribution in [1.82, 2.24) is 0 Å². The monoisotopic (exact) mass is 550 g/mol. The zero-order chi connectivity index (χ0) is 28.5. The molecule has 0 aromatic heterocycles. The lowest BCUT2D eigenvalue weighted by atomic mass is 10.1. The van der Waals surface area contributed by atoms with Gasteiger partial charge in [-0.25, -0.2) is 4.79 Å². The molecule has 0 bridgehead atoms. The summed E-state index contributed by atoms with van der Waals surface area (Å²) in [4.78, 5) is 12.0. The van der Waals surface area contributed by atoms with Gasteiger partial charge in [0.2, 0.25) is 0 Å². The number of nitrogens with two attached hydrogens (primary N) is 2. The summed E-state index contributed by atoms with van der Waals surface area (Å²) in [5, 5.41) is 0. The maximum absolute atomic E-state index is 14.6. The normalized spacial score (nSPS) is 11.9. The van der Waals surface area contributed by atoms with E-state index in [4.69, 9.17) is 25.7 Å². The van der Waals surface area contributed by atoms with Crippen LogP contribution >= 0.6 is 0 Å². The van der Waals surface area contributed by atoms with Crippen LogP contribution in [0.2, 0.25) is 0 Å². The molecule has 0 spiro atoms. The molecule has 3 aromatic rings. The lowest BCUT2D eigenvalue weighted by Gasteiger charge is -2.18. The molecule has 0 radical (unpaired) electrons. The van der Waals surface area contributed by atoms with Crippen LogP contribution < -0.4 is 20.9 Å². The third kappa shape index (κ3) is 9.84. The van der Waals surface area contributed by atoms with Crippen LogP contribution in [0.1, 0.15) is 29.5 Å². The highest BCUT2D eigenvalue weighted by Crippen LogP contribution is 2.33. The smallest absolute Gasteiger partial charge is 0.426 e. The first kappa shape index (κ1) is 29.3. The number of esters is 1. The summed E-state index contributed by atoms with van der Waals surface area (Å²) in [5.74, 6) is -0.530. The van der Waals surface area contributed by atoms with E-state index in [2.05, 4.69) is 0 Å². The number of rotatable bonds is 12. The fourth-order valence-corrected chi connectivity index (χ4v) is 3.38.